The largest absolute Gasteiger partial charge is 0.435 e. The predicted molar refractivity (Wildman–Crippen MR) is 71.0 cm³/mol. The maximum atomic E-state index is 12.0. The number of hydrogen-bond donors (Lipinski definition) is 2. The molecule has 2 rings (SSSR count). The topological polar surface area (TPSA) is 50.4 Å². The van der Waals surface area contributed by atoms with Gasteiger partial charge >= 0.3 is 6.61 Å². The Morgan fingerprint density at radius 3 is 2.75 bits per heavy atom. The number of carbonyl (C=O) groups is 1. The quantitative estimate of drug-likeness (QED) is 0.841. The van der Waals surface area contributed by atoms with Gasteiger partial charge in [-0.1, -0.05) is 0 Å². The van der Waals surface area contributed by atoms with E-state index in [0.29, 0.717) is 18.2 Å². The molecule has 0 spiro atoms. The number of benzene rings is 1. The van der Waals surface area contributed by atoms with Gasteiger partial charge in [0, 0.05) is 18.2 Å². The summed E-state index contributed by atoms with van der Waals surface area (Å²) in [4.78, 5) is 11.8. The Bertz CT molecular complexity index is 431. The van der Waals surface area contributed by atoms with Crippen molar-refractivity contribution in [2.45, 2.75) is 31.9 Å². The Morgan fingerprint density at radius 2 is 2.15 bits per heavy atom. The lowest BCUT2D eigenvalue weighted by molar-refractivity contribution is -0.0498. The molecule has 110 valence electrons. The first-order valence-corrected chi connectivity index (χ1v) is 6.71. The van der Waals surface area contributed by atoms with E-state index >= 15 is 0 Å². The average molecular weight is 284 g/mol. The predicted octanol–water partition coefficient (Wildman–Crippen LogP) is 2.16. The van der Waals surface area contributed by atoms with Gasteiger partial charge in [0.25, 0.3) is 5.91 Å². The first-order valence-electron chi connectivity index (χ1n) is 6.71. The molecular formula is C14H18F2N2O2. The number of nitrogens with one attached hydrogen (secondary N) is 2. The zero-order valence-electron chi connectivity index (χ0n) is 11.1. The van der Waals surface area contributed by atoms with Crippen LogP contribution < -0.4 is 15.4 Å². The molecule has 6 heteroatoms. The van der Waals surface area contributed by atoms with Crippen LogP contribution in [0.2, 0.25) is 0 Å². The van der Waals surface area contributed by atoms with Crippen LogP contribution in [-0.2, 0) is 0 Å². The van der Waals surface area contributed by atoms with Crippen molar-refractivity contribution in [1.29, 1.82) is 0 Å². The van der Waals surface area contributed by atoms with E-state index in [1.54, 1.807) is 0 Å². The number of rotatable bonds is 6. The molecule has 1 saturated heterocycles. The Labute approximate surface area is 116 Å². The van der Waals surface area contributed by atoms with Gasteiger partial charge in [0.05, 0.1) is 0 Å². The molecule has 20 heavy (non-hydrogen) atoms. The molecule has 0 unspecified atom stereocenters. The average Bonchev–Trinajstić information content (AvgIpc) is 2.92. The fourth-order valence-electron chi connectivity index (χ4n) is 2.25. The summed E-state index contributed by atoms with van der Waals surface area (Å²) in [6.07, 6.45) is 3.23. The maximum absolute atomic E-state index is 12.0. The highest BCUT2D eigenvalue weighted by molar-refractivity contribution is 5.94. The van der Waals surface area contributed by atoms with Crippen molar-refractivity contribution in [1.82, 2.24) is 10.6 Å². The highest BCUT2D eigenvalue weighted by Crippen LogP contribution is 2.15. The van der Waals surface area contributed by atoms with Crippen LogP contribution in [0.1, 0.15) is 29.6 Å². The van der Waals surface area contributed by atoms with Crippen LogP contribution in [0.15, 0.2) is 24.3 Å². The summed E-state index contributed by atoms with van der Waals surface area (Å²) in [5, 5.41) is 6.18. The van der Waals surface area contributed by atoms with E-state index < -0.39 is 6.61 Å². The van der Waals surface area contributed by atoms with E-state index in [0.717, 1.165) is 19.4 Å². The SMILES string of the molecule is O=C(NCC[C@@H]1CCCN1)c1ccc(OC(F)F)cc1. The lowest BCUT2D eigenvalue weighted by Gasteiger charge is -2.11. The van der Waals surface area contributed by atoms with Crippen LogP contribution in [0.25, 0.3) is 0 Å². The minimum absolute atomic E-state index is 0.0479. The van der Waals surface area contributed by atoms with E-state index in [4.69, 9.17) is 0 Å². The Balaban J connectivity index is 1.76. The maximum Gasteiger partial charge on any atom is 0.387 e. The van der Waals surface area contributed by atoms with E-state index in [-0.39, 0.29) is 11.7 Å². The number of carbonyl (C=O) groups excluding carboxylic acids is 1. The third kappa shape index (κ3) is 4.45. The van der Waals surface area contributed by atoms with Crippen LogP contribution in [-0.4, -0.2) is 31.7 Å². The molecule has 1 amide bonds. The van der Waals surface area contributed by atoms with Crippen molar-refractivity contribution < 1.29 is 18.3 Å². The normalized spacial score (nSPS) is 18.2. The second-order valence-corrected chi connectivity index (χ2v) is 4.74. The number of halogens is 2. The highest BCUT2D eigenvalue weighted by atomic mass is 19.3. The molecule has 0 aliphatic carbocycles. The molecule has 0 saturated carbocycles. The minimum atomic E-state index is -2.85. The van der Waals surface area contributed by atoms with Gasteiger partial charge in [-0.25, -0.2) is 0 Å². The monoisotopic (exact) mass is 284 g/mol. The summed E-state index contributed by atoms with van der Waals surface area (Å²) in [6.45, 7) is -1.20. The van der Waals surface area contributed by atoms with E-state index in [9.17, 15) is 13.6 Å². The number of amides is 1. The number of alkyl halides is 2. The van der Waals surface area contributed by atoms with Crippen LogP contribution in [0, 0.1) is 0 Å². The van der Waals surface area contributed by atoms with Crippen molar-refractivity contribution in [3.05, 3.63) is 29.8 Å². The smallest absolute Gasteiger partial charge is 0.387 e. The molecule has 2 N–H and O–H groups in total. The molecule has 0 radical (unpaired) electrons. The van der Waals surface area contributed by atoms with Gasteiger partial charge in [-0.15, -0.1) is 0 Å². The molecule has 1 aromatic rings. The van der Waals surface area contributed by atoms with Gasteiger partial charge in [0.2, 0.25) is 0 Å². The van der Waals surface area contributed by atoms with Gasteiger partial charge in [-0.05, 0) is 50.1 Å². The Morgan fingerprint density at radius 1 is 1.40 bits per heavy atom. The Hall–Kier alpha value is -1.69. The van der Waals surface area contributed by atoms with Gasteiger partial charge in [-0.2, -0.15) is 8.78 Å². The van der Waals surface area contributed by atoms with E-state index in [2.05, 4.69) is 15.4 Å². The summed E-state index contributed by atoms with van der Waals surface area (Å²) < 4.78 is 28.2. The first kappa shape index (κ1) is 14.7. The zero-order valence-corrected chi connectivity index (χ0v) is 11.1. The number of ether oxygens (including phenoxy) is 1. The lowest BCUT2D eigenvalue weighted by Crippen LogP contribution is -2.30. The molecule has 1 aliphatic rings. The Kier molecular flexibility index (Phi) is 5.29. The van der Waals surface area contributed by atoms with Crippen molar-refractivity contribution in [2.75, 3.05) is 13.1 Å². The van der Waals surface area contributed by atoms with Gasteiger partial charge < -0.3 is 15.4 Å². The second-order valence-electron chi connectivity index (χ2n) is 4.74. The molecule has 1 fully saturated rings. The third-order valence-electron chi connectivity index (χ3n) is 3.28. The minimum Gasteiger partial charge on any atom is -0.435 e. The molecule has 1 atom stereocenters. The van der Waals surface area contributed by atoms with Gasteiger partial charge in [0.15, 0.2) is 0 Å². The summed E-state index contributed by atoms with van der Waals surface area (Å²) >= 11 is 0. The number of hydrogen-bond acceptors (Lipinski definition) is 3. The van der Waals surface area contributed by atoms with Crippen LogP contribution in [0.4, 0.5) is 8.78 Å². The molecule has 0 aromatic heterocycles. The second kappa shape index (κ2) is 7.19. The fraction of sp³-hybridized carbons (Fsp3) is 0.500. The van der Waals surface area contributed by atoms with Crippen molar-refractivity contribution in [3.8, 4) is 5.75 Å². The zero-order chi connectivity index (χ0) is 14.4. The van der Waals surface area contributed by atoms with E-state index in [1.807, 2.05) is 0 Å². The molecule has 0 bridgehead atoms. The fourth-order valence-corrected chi connectivity index (χ4v) is 2.25. The molecule has 1 aromatic carbocycles. The van der Waals surface area contributed by atoms with Gasteiger partial charge in [0.1, 0.15) is 5.75 Å². The molecule has 4 nitrogen and oxygen atoms in total. The summed E-state index contributed by atoms with van der Waals surface area (Å²) in [5.74, 6) is -0.154. The summed E-state index contributed by atoms with van der Waals surface area (Å²) in [7, 11) is 0. The van der Waals surface area contributed by atoms with Crippen LogP contribution in [0.5, 0.6) is 5.75 Å². The third-order valence-corrected chi connectivity index (χ3v) is 3.28. The summed E-state index contributed by atoms with van der Waals surface area (Å²) in [6, 6.07) is 6.15. The van der Waals surface area contributed by atoms with Gasteiger partial charge in [-0.3, -0.25) is 4.79 Å². The summed E-state index contributed by atoms with van der Waals surface area (Å²) in [5.41, 5.74) is 0.436. The van der Waals surface area contributed by atoms with E-state index in [1.165, 1.54) is 30.7 Å². The van der Waals surface area contributed by atoms with Crippen LogP contribution >= 0.6 is 0 Å². The van der Waals surface area contributed by atoms with Crippen molar-refractivity contribution in [2.24, 2.45) is 0 Å². The molecule has 1 heterocycles. The molecular weight excluding hydrogens is 266 g/mol. The highest BCUT2D eigenvalue weighted by Gasteiger charge is 2.14. The van der Waals surface area contributed by atoms with Crippen molar-refractivity contribution >= 4 is 5.91 Å². The first-order chi connectivity index (χ1) is 9.65. The van der Waals surface area contributed by atoms with Crippen LogP contribution in [0.3, 0.4) is 0 Å². The molecule has 1 aliphatic heterocycles. The lowest BCUT2D eigenvalue weighted by atomic mass is 10.1. The van der Waals surface area contributed by atoms with Crippen molar-refractivity contribution in [3.63, 3.8) is 0 Å². The standard InChI is InChI=1S/C14H18F2N2O2/c15-14(16)20-12-5-3-10(4-6-12)13(19)18-9-7-11-2-1-8-17-11/h3-6,11,14,17H,1-2,7-9H2,(H,18,19)/t11-/m0/s1.